The minimum absolute atomic E-state index is 0.230. The Labute approximate surface area is 135 Å². The zero-order chi connectivity index (χ0) is 16.2. The van der Waals surface area contributed by atoms with E-state index >= 15 is 0 Å². The van der Waals surface area contributed by atoms with Crippen molar-refractivity contribution in [2.75, 3.05) is 33.2 Å². The first-order valence-corrected chi connectivity index (χ1v) is 8.78. The minimum atomic E-state index is -0.419. The smallest absolute Gasteiger partial charge is 0.410 e. The molecule has 0 aromatic heterocycles. The SMILES string of the molecule is CN(CCCNC1CCN2CCCCC12)C(=O)OC(C)(C)C. The number of rotatable bonds is 5. The molecule has 2 unspecified atom stereocenters. The molecule has 0 saturated carbocycles. The number of piperidine rings is 1. The van der Waals surface area contributed by atoms with Crippen molar-refractivity contribution in [1.82, 2.24) is 15.1 Å². The van der Waals surface area contributed by atoms with Crippen LogP contribution >= 0.6 is 0 Å². The van der Waals surface area contributed by atoms with Crippen molar-refractivity contribution < 1.29 is 9.53 Å². The predicted octanol–water partition coefficient (Wildman–Crippen LogP) is 2.46. The number of fused-ring (bicyclic) bond motifs is 1. The lowest BCUT2D eigenvalue weighted by Gasteiger charge is -2.32. The zero-order valence-corrected chi connectivity index (χ0v) is 14.7. The van der Waals surface area contributed by atoms with Gasteiger partial charge in [0.05, 0.1) is 0 Å². The highest BCUT2D eigenvalue weighted by Crippen LogP contribution is 2.26. The van der Waals surface area contributed by atoms with E-state index in [0.717, 1.165) is 25.6 Å². The number of carbonyl (C=O) groups excluding carboxylic acids is 1. The Morgan fingerprint density at radius 1 is 1.27 bits per heavy atom. The Morgan fingerprint density at radius 3 is 2.77 bits per heavy atom. The molecule has 5 nitrogen and oxygen atoms in total. The van der Waals surface area contributed by atoms with E-state index in [-0.39, 0.29) is 6.09 Å². The van der Waals surface area contributed by atoms with Gasteiger partial charge < -0.3 is 15.0 Å². The summed E-state index contributed by atoms with van der Waals surface area (Å²) in [6, 6.07) is 1.39. The highest BCUT2D eigenvalue weighted by molar-refractivity contribution is 5.67. The van der Waals surface area contributed by atoms with Gasteiger partial charge >= 0.3 is 6.09 Å². The molecule has 0 radical (unpaired) electrons. The summed E-state index contributed by atoms with van der Waals surface area (Å²) in [5.41, 5.74) is -0.419. The van der Waals surface area contributed by atoms with Gasteiger partial charge in [0, 0.05) is 32.2 Å². The Hall–Kier alpha value is -0.810. The molecule has 128 valence electrons. The molecule has 0 spiro atoms. The van der Waals surface area contributed by atoms with Crippen molar-refractivity contribution in [3.05, 3.63) is 0 Å². The topological polar surface area (TPSA) is 44.8 Å². The van der Waals surface area contributed by atoms with Crippen molar-refractivity contribution in [3.63, 3.8) is 0 Å². The Balaban J connectivity index is 1.62. The van der Waals surface area contributed by atoms with Gasteiger partial charge in [0.1, 0.15) is 5.60 Å². The number of nitrogens with one attached hydrogen (secondary N) is 1. The van der Waals surface area contributed by atoms with Gasteiger partial charge in [0.2, 0.25) is 0 Å². The normalized spacial score (nSPS) is 25.8. The second-order valence-corrected chi connectivity index (χ2v) is 7.70. The number of nitrogens with zero attached hydrogens (tertiary/aromatic N) is 2. The van der Waals surface area contributed by atoms with E-state index in [9.17, 15) is 4.79 Å². The van der Waals surface area contributed by atoms with Crippen molar-refractivity contribution in [2.24, 2.45) is 0 Å². The number of hydrogen-bond donors (Lipinski definition) is 1. The van der Waals surface area contributed by atoms with Crippen LogP contribution in [0.2, 0.25) is 0 Å². The molecule has 2 heterocycles. The van der Waals surface area contributed by atoms with Gasteiger partial charge in [-0.15, -0.1) is 0 Å². The van der Waals surface area contributed by atoms with E-state index in [1.807, 2.05) is 27.8 Å². The van der Waals surface area contributed by atoms with E-state index in [1.54, 1.807) is 4.90 Å². The molecule has 0 bridgehead atoms. The van der Waals surface area contributed by atoms with Crippen LogP contribution in [-0.4, -0.2) is 66.8 Å². The molecule has 0 aliphatic carbocycles. The lowest BCUT2D eigenvalue weighted by molar-refractivity contribution is 0.0297. The molecule has 2 aliphatic rings. The fourth-order valence-corrected chi connectivity index (χ4v) is 3.52. The number of hydrogen-bond acceptors (Lipinski definition) is 4. The van der Waals surface area contributed by atoms with Gasteiger partial charge in [0.25, 0.3) is 0 Å². The van der Waals surface area contributed by atoms with Gasteiger partial charge in [-0.1, -0.05) is 6.42 Å². The van der Waals surface area contributed by atoms with Crippen molar-refractivity contribution in [3.8, 4) is 0 Å². The zero-order valence-electron chi connectivity index (χ0n) is 14.7. The van der Waals surface area contributed by atoms with Crippen LogP contribution in [0.15, 0.2) is 0 Å². The van der Waals surface area contributed by atoms with E-state index in [2.05, 4.69) is 10.2 Å². The Bertz CT molecular complexity index is 367. The molecular formula is C17H33N3O2. The van der Waals surface area contributed by atoms with Crippen LogP contribution in [0.4, 0.5) is 4.79 Å². The average molecular weight is 311 g/mol. The van der Waals surface area contributed by atoms with Crippen LogP contribution in [0, 0.1) is 0 Å². The molecule has 2 atom stereocenters. The van der Waals surface area contributed by atoms with Crippen LogP contribution in [0.3, 0.4) is 0 Å². The molecule has 2 saturated heterocycles. The lowest BCUT2D eigenvalue weighted by Crippen LogP contribution is -2.45. The van der Waals surface area contributed by atoms with Crippen molar-refractivity contribution in [1.29, 1.82) is 0 Å². The second kappa shape index (κ2) is 7.64. The molecule has 2 fully saturated rings. The third-order valence-corrected chi connectivity index (χ3v) is 4.64. The van der Waals surface area contributed by atoms with Crippen LogP contribution in [0.25, 0.3) is 0 Å². The highest BCUT2D eigenvalue weighted by atomic mass is 16.6. The average Bonchev–Trinajstić information content (AvgIpc) is 2.85. The Kier molecular flexibility index (Phi) is 6.09. The standard InChI is InChI=1S/C17H33N3O2/c1-17(2,3)22-16(21)19(4)11-7-10-18-14-9-13-20-12-6-5-8-15(14)20/h14-15,18H,5-13H2,1-4H3. The molecule has 1 N–H and O–H groups in total. The van der Waals surface area contributed by atoms with E-state index in [4.69, 9.17) is 4.74 Å². The molecule has 0 aromatic rings. The lowest BCUT2D eigenvalue weighted by atomic mass is 9.99. The maximum atomic E-state index is 11.9. The van der Waals surface area contributed by atoms with Crippen LogP contribution in [-0.2, 0) is 4.74 Å². The monoisotopic (exact) mass is 311 g/mol. The summed E-state index contributed by atoms with van der Waals surface area (Å²) in [5, 5.41) is 3.70. The third-order valence-electron chi connectivity index (χ3n) is 4.64. The fourth-order valence-electron chi connectivity index (χ4n) is 3.52. The van der Waals surface area contributed by atoms with Gasteiger partial charge in [-0.2, -0.15) is 0 Å². The molecule has 22 heavy (non-hydrogen) atoms. The van der Waals surface area contributed by atoms with Crippen molar-refractivity contribution >= 4 is 6.09 Å². The van der Waals surface area contributed by atoms with Crippen LogP contribution in [0.5, 0.6) is 0 Å². The van der Waals surface area contributed by atoms with Crippen LogP contribution in [0.1, 0.15) is 52.9 Å². The molecule has 5 heteroatoms. The van der Waals surface area contributed by atoms with Gasteiger partial charge in [0.15, 0.2) is 0 Å². The first-order valence-electron chi connectivity index (χ1n) is 8.78. The summed E-state index contributed by atoms with van der Waals surface area (Å²) < 4.78 is 5.36. The summed E-state index contributed by atoms with van der Waals surface area (Å²) in [6.07, 6.45) is 6.10. The van der Waals surface area contributed by atoms with Gasteiger partial charge in [-0.3, -0.25) is 4.90 Å². The number of amides is 1. The van der Waals surface area contributed by atoms with E-state index in [1.165, 1.54) is 38.8 Å². The Morgan fingerprint density at radius 2 is 2.05 bits per heavy atom. The number of carbonyl (C=O) groups is 1. The summed E-state index contributed by atoms with van der Waals surface area (Å²) in [4.78, 5) is 16.2. The second-order valence-electron chi connectivity index (χ2n) is 7.70. The summed E-state index contributed by atoms with van der Waals surface area (Å²) in [7, 11) is 1.81. The molecule has 2 rings (SSSR count). The first kappa shape index (κ1) is 17.5. The minimum Gasteiger partial charge on any atom is -0.444 e. The van der Waals surface area contributed by atoms with E-state index < -0.39 is 5.60 Å². The third kappa shape index (κ3) is 5.13. The largest absolute Gasteiger partial charge is 0.444 e. The summed E-state index contributed by atoms with van der Waals surface area (Å²) in [6.45, 7) is 9.94. The summed E-state index contributed by atoms with van der Waals surface area (Å²) >= 11 is 0. The molecule has 1 amide bonds. The van der Waals surface area contributed by atoms with E-state index in [0.29, 0.717) is 6.04 Å². The maximum absolute atomic E-state index is 11.9. The highest BCUT2D eigenvalue weighted by Gasteiger charge is 2.34. The first-order chi connectivity index (χ1) is 10.4. The molecule has 2 aliphatic heterocycles. The quantitative estimate of drug-likeness (QED) is 0.792. The molecule has 0 aromatic carbocycles. The fraction of sp³-hybridized carbons (Fsp3) is 0.941. The van der Waals surface area contributed by atoms with Gasteiger partial charge in [-0.25, -0.2) is 4.79 Å². The molecular weight excluding hydrogens is 278 g/mol. The van der Waals surface area contributed by atoms with Crippen molar-refractivity contribution in [2.45, 2.75) is 70.6 Å². The van der Waals surface area contributed by atoms with Gasteiger partial charge in [-0.05, 0) is 59.5 Å². The number of ether oxygens (including phenoxy) is 1. The maximum Gasteiger partial charge on any atom is 0.410 e. The summed E-state index contributed by atoms with van der Waals surface area (Å²) in [5.74, 6) is 0. The van der Waals surface area contributed by atoms with Crippen LogP contribution < -0.4 is 5.32 Å². The predicted molar refractivity (Wildman–Crippen MR) is 89.1 cm³/mol.